The Morgan fingerprint density at radius 2 is 2.00 bits per heavy atom. The van der Waals surface area contributed by atoms with Gasteiger partial charge in [-0.2, -0.15) is 0 Å². The average Bonchev–Trinajstić information content (AvgIpc) is 2.65. The second-order valence-electron chi connectivity index (χ2n) is 6.15. The van der Waals surface area contributed by atoms with E-state index < -0.39 is 0 Å². The molecule has 3 rings (SSSR count). The third-order valence-electron chi connectivity index (χ3n) is 4.33. The smallest absolute Gasteiger partial charge is 0.252 e. The van der Waals surface area contributed by atoms with Crippen LogP contribution in [0.2, 0.25) is 5.02 Å². The van der Waals surface area contributed by atoms with Crippen molar-refractivity contribution in [1.29, 1.82) is 0 Å². The third kappa shape index (κ3) is 5.54. The molecule has 7 nitrogen and oxygen atoms in total. The van der Waals surface area contributed by atoms with E-state index in [0.29, 0.717) is 36.2 Å². The lowest BCUT2D eigenvalue weighted by Crippen LogP contribution is -2.41. The standard InChI is InChI=1S/C17H24ClN3O4/c18-15-11-13(12-20-17(15)25-14-1-7-23-8-2-14)16(22)19-3-4-21-5-9-24-10-6-21/h11-12,14H,1-10H2,(H,19,22). The largest absolute Gasteiger partial charge is 0.473 e. The van der Waals surface area contributed by atoms with E-state index in [1.165, 1.54) is 6.20 Å². The number of rotatable bonds is 6. The highest BCUT2D eigenvalue weighted by molar-refractivity contribution is 6.32. The number of aromatic nitrogens is 1. The number of carbonyl (C=O) groups excluding carboxylic acids is 1. The third-order valence-corrected chi connectivity index (χ3v) is 4.60. The molecule has 25 heavy (non-hydrogen) atoms. The number of nitrogens with one attached hydrogen (secondary N) is 1. The van der Waals surface area contributed by atoms with Crippen LogP contribution in [-0.2, 0) is 9.47 Å². The Balaban J connectivity index is 1.48. The second kappa shape index (κ2) is 9.33. The van der Waals surface area contributed by atoms with Crippen LogP contribution in [0.1, 0.15) is 23.2 Å². The van der Waals surface area contributed by atoms with Crippen molar-refractivity contribution in [3.8, 4) is 5.88 Å². The molecular formula is C17H24ClN3O4. The van der Waals surface area contributed by atoms with Gasteiger partial charge in [-0.05, 0) is 6.07 Å². The minimum atomic E-state index is -0.180. The fourth-order valence-electron chi connectivity index (χ4n) is 2.84. The van der Waals surface area contributed by atoms with Crippen LogP contribution in [0.5, 0.6) is 5.88 Å². The summed E-state index contributed by atoms with van der Waals surface area (Å²) in [6.45, 7) is 6.07. The first-order chi connectivity index (χ1) is 12.2. The molecule has 1 aromatic heterocycles. The zero-order valence-corrected chi connectivity index (χ0v) is 15.0. The Hall–Kier alpha value is -1.41. The SMILES string of the molecule is O=C(NCCN1CCOCC1)c1cnc(OC2CCOCC2)c(Cl)c1. The lowest BCUT2D eigenvalue weighted by Gasteiger charge is -2.26. The van der Waals surface area contributed by atoms with Gasteiger partial charge < -0.3 is 19.5 Å². The molecule has 0 bridgehead atoms. The average molecular weight is 370 g/mol. The normalized spacial score (nSPS) is 19.6. The number of nitrogens with zero attached hydrogens (tertiary/aromatic N) is 2. The Kier molecular flexibility index (Phi) is 6.86. The molecule has 1 aromatic rings. The van der Waals surface area contributed by atoms with Gasteiger partial charge in [-0.1, -0.05) is 11.6 Å². The minimum Gasteiger partial charge on any atom is -0.473 e. The predicted octanol–water partition coefficient (Wildman–Crippen LogP) is 1.35. The molecule has 2 aliphatic heterocycles. The summed E-state index contributed by atoms with van der Waals surface area (Å²) in [7, 11) is 0. The van der Waals surface area contributed by atoms with Crippen molar-refractivity contribution < 1.29 is 19.0 Å². The van der Waals surface area contributed by atoms with Gasteiger partial charge in [0.1, 0.15) is 11.1 Å². The van der Waals surface area contributed by atoms with E-state index in [1.54, 1.807) is 6.07 Å². The second-order valence-corrected chi connectivity index (χ2v) is 6.56. The fourth-order valence-corrected chi connectivity index (χ4v) is 3.05. The van der Waals surface area contributed by atoms with Gasteiger partial charge >= 0.3 is 0 Å². The summed E-state index contributed by atoms with van der Waals surface area (Å²) in [6, 6.07) is 1.60. The quantitative estimate of drug-likeness (QED) is 0.816. The molecule has 1 amide bonds. The highest BCUT2D eigenvalue weighted by atomic mass is 35.5. The lowest BCUT2D eigenvalue weighted by molar-refractivity contribution is 0.0238. The Labute approximate surface area is 152 Å². The molecule has 0 aromatic carbocycles. The number of hydrogen-bond acceptors (Lipinski definition) is 6. The zero-order chi connectivity index (χ0) is 17.5. The summed E-state index contributed by atoms with van der Waals surface area (Å²) in [4.78, 5) is 18.7. The van der Waals surface area contributed by atoms with Crippen molar-refractivity contribution >= 4 is 17.5 Å². The molecule has 138 valence electrons. The molecule has 0 spiro atoms. The molecule has 0 saturated carbocycles. The minimum absolute atomic E-state index is 0.0620. The topological polar surface area (TPSA) is 72.9 Å². The Morgan fingerprint density at radius 1 is 1.28 bits per heavy atom. The van der Waals surface area contributed by atoms with Crippen LogP contribution in [0.15, 0.2) is 12.3 Å². The van der Waals surface area contributed by atoms with Crippen LogP contribution < -0.4 is 10.1 Å². The maximum Gasteiger partial charge on any atom is 0.252 e. The molecular weight excluding hydrogens is 346 g/mol. The maximum atomic E-state index is 12.2. The number of pyridine rings is 1. The molecule has 2 aliphatic rings. The highest BCUT2D eigenvalue weighted by Gasteiger charge is 2.18. The number of morpholine rings is 1. The number of ether oxygens (including phenoxy) is 3. The summed E-state index contributed by atoms with van der Waals surface area (Å²) in [5, 5.41) is 3.25. The van der Waals surface area contributed by atoms with Crippen molar-refractivity contribution in [2.45, 2.75) is 18.9 Å². The van der Waals surface area contributed by atoms with Crippen LogP contribution in [0, 0.1) is 0 Å². The molecule has 2 saturated heterocycles. The summed E-state index contributed by atoms with van der Waals surface area (Å²) >= 11 is 6.23. The maximum absolute atomic E-state index is 12.2. The predicted molar refractivity (Wildman–Crippen MR) is 93.3 cm³/mol. The van der Waals surface area contributed by atoms with E-state index in [9.17, 15) is 4.79 Å². The molecule has 1 N–H and O–H groups in total. The van der Waals surface area contributed by atoms with Crippen LogP contribution in [0.25, 0.3) is 0 Å². The molecule has 3 heterocycles. The Bertz CT molecular complexity index is 575. The van der Waals surface area contributed by atoms with Gasteiger partial charge in [-0.3, -0.25) is 9.69 Å². The first-order valence-corrected chi connectivity index (χ1v) is 9.08. The van der Waals surface area contributed by atoms with Crippen molar-refractivity contribution in [3.05, 3.63) is 22.8 Å². The van der Waals surface area contributed by atoms with Crippen molar-refractivity contribution in [2.75, 3.05) is 52.6 Å². The van der Waals surface area contributed by atoms with Gasteiger partial charge in [0.15, 0.2) is 0 Å². The van der Waals surface area contributed by atoms with Crippen molar-refractivity contribution in [3.63, 3.8) is 0 Å². The van der Waals surface area contributed by atoms with E-state index in [2.05, 4.69) is 15.2 Å². The number of carbonyl (C=O) groups is 1. The zero-order valence-electron chi connectivity index (χ0n) is 14.2. The summed E-state index contributed by atoms with van der Waals surface area (Å²) in [5.41, 5.74) is 0.436. The van der Waals surface area contributed by atoms with Gasteiger partial charge in [0.2, 0.25) is 5.88 Å². The number of hydrogen-bond donors (Lipinski definition) is 1. The molecule has 0 unspecified atom stereocenters. The molecule has 0 atom stereocenters. The van der Waals surface area contributed by atoms with Gasteiger partial charge in [0.05, 0.1) is 32.0 Å². The molecule has 0 radical (unpaired) electrons. The Morgan fingerprint density at radius 3 is 2.72 bits per heavy atom. The highest BCUT2D eigenvalue weighted by Crippen LogP contribution is 2.25. The van der Waals surface area contributed by atoms with E-state index >= 15 is 0 Å². The van der Waals surface area contributed by atoms with E-state index in [0.717, 1.165) is 45.7 Å². The van der Waals surface area contributed by atoms with Gasteiger partial charge in [0.25, 0.3) is 5.91 Å². The van der Waals surface area contributed by atoms with Crippen molar-refractivity contribution in [2.24, 2.45) is 0 Å². The summed E-state index contributed by atoms with van der Waals surface area (Å²) < 4.78 is 16.4. The van der Waals surface area contributed by atoms with E-state index in [1.807, 2.05) is 0 Å². The van der Waals surface area contributed by atoms with Gasteiger partial charge in [-0.15, -0.1) is 0 Å². The lowest BCUT2D eigenvalue weighted by atomic mass is 10.1. The molecule has 0 aliphatic carbocycles. The van der Waals surface area contributed by atoms with Crippen LogP contribution in [0.3, 0.4) is 0 Å². The fraction of sp³-hybridized carbons (Fsp3) is 0.647. The first kappa shape index (κ1) is 18.4. The number of amides is 1. The van der Waals surface area contributed by atoms with Gasteiger partial charge in [0, 0.05) is 45.2 Å². The summed E-state index contributed by atoms with van der Waals surface area (Å²) in [6.07, 6.45) is 3.21. The number of halogens is 1. The van der Waals surface area contributed by atoms with Crippen LogP contribution >= 0.6 is 11.6 Å². The van der Waals surface area contributed by atoms with Crippen LogP contribution in [0.4, 0.5) is 0 Å². The summed E-state index contributed by atoms with van der Waals surface area (Å²) in [5.74, 6) is 0.193. The van der Waals surface area contributed by atoms with Crippen LogP contribution in [-0.4, -0.2) is 74.5 Å². The monoisotopic (exact) mass is 369 g/mol. The first-order valence-electron chi connectivity index (χ1n) is 8.70. The van der Waals surface area contributed by atoms with Crippen molar-refractivity contribution in [1.82, 2.24) is 15.2 Å². The van der Waals surface area contributed by atoms with Gasteiger partial charge in [-0.25, -0.2) is 4.98 Å². The van der Waals surface area contributed by atoms with E-state index in [-0.39, 0.29) is 12.0 Å². The molecule has 8 heteroatoms. The molecule has 2 fully saturated rings. The van der Waals surface area contributed by atoms with E-state index in [4.69, 9.17) is 25.8 Å².